The van der Waals surface area contributed by atoms with Gasteiger partial charge in [-0.25, -0.2) is 0 Å². The fourth-order valence-electron chi connectivity index (χ4n) is 3.77. The van der Waals surface area contributed by atoms with Gasteiger partial charge in [0.25, 0.3) is 0 Å². The topological polar surface area (TPSA) is 50.1 Å². The van der Waals surface area contributed by atoms with Gasteiger partial charge in [-0.2, -0.15) is 5.26 Å². The molecule has 0 saturated heterocycles. The molecule has 0 fully saturated rings. The lowest BCUT2D eigenvalue weighted by Gasteiger charge is -2.35. The van der Waals surface area contributed by atoms with E-state index in [1.807, 2.05) is 42.5 Å². The molecule has 2 atom stereocenters. The van der Waals surface area contributed by atoms with Crippen molar-refractivity contribution in [1.82, 2.24) is 0 Å². The summed E-state index contributed by atoms with van der Waals surface area (Å²) in [6.07, 6.45) is 1.57. The lowest BCUT2D eigenvalue weighted by molar-refractivity contribution is -0.142. The van der Waals surface area contributed by atoms with Crippen LogP contribution in [0.25, 0.3) is 0 Å². The number of hydrogen-bond acceptors (Lipinski definition) is 3. The molecule has 0 radical (unpaired) electrons. The third-order valence-electron chi connectivity index (χ3n) is 4.90. The second-order valence-corrected chi connectivity index (χ2v) is 7.14. The van der Waals surface area contributed by atoms with Crippen LogP contribution >= 0.6 is 23.2 Å². The average molecular weight is 374 g/mol. The van der Waals surface area contributed by atoms with E-state index in [1.54, 1.807) is 0 Å². The zero-order valence-corrected chi connectivity index (χ0v) is 15.3. The van der Waals surface area contributed by atoms with E-state index >= 15 is 0 Å². The van der Waals surface area contributed by atoms with Crippen LogP contribution in [0.2, 0.25) is 10.0 Å². The predicted molar refractivity (Wildman–Crippen MR) is 97.7 cm³/mol. The van der Waals surface area contributed by atoms with E-state index < -0.39 is 11.3 Å². The van der Waals surface area contributed by atoms with E-state index in [0.29, 0.717) is 10.0 Å². The van der Waals surface area contributed by atoms with Gasteiger partial charge in [0.15, 0.2) is 0 Å². The first-order valence-electron chi connectivity index (χ1n) is 8.05. The fourth-order valence-corrected chi connectivity index (χ4v) is 4.09. The maximum absolute atomic E-state index is 11.3. The highest BCUT2D eigenvalue weighted by atomic mass is 35.5. The summed E-state index contributed by atoms with van der Waals surface area (Å²) in [4.78, 5) is 11.3. The zero-order chi connectivity index (χ0) is 18.0. The monoisotopic (exact) mass is 373 g/mol. The van der Waals surface area contributed by atoms with Crippen molar-refractivity contribution >= 4 is 29.2 Å². The Hall–Kier alpha value is -2.02. The number of esters is 1. The van der Waals surface area contributed by atoms with E-state index in [4.69, 9.17) is 27.9 Å². The molecule has 3 rings (SSSR count). The number of nitriles is 1. The number of benzene rings is 2. The number of nitrogens with zero attached hydrogens (tertiary/aromatic N) is 1. The van der Waals surface area contributed by atoms with E-state index in [0.717, 1.165) is 29.5 Å². The summed E-state index contributed by atoms with van der Waals surface area (Å²) in [5.74, 6) is -0.888. The highest BCUT2D eigenvalue weighted by Crippen LogP contribution is 2.50. The Morgan fingerprint density at radius 3 is 2.56 bits per heavy atom. The predicted octanol–water partition coefficient (Wildman–Crippen LogP) is 4.93. The summed E-state index contributed by atoms with van der Waals surface area (Å²) in [6.45, 7) is 1.41. The van der Waals surface area contributed by atoms with Crippen molar-refractivity contribution in [3.63, 3.8) is 0 Å². The quantitative estimate of drug-likeness (QED) is 0.713. The highest BCUT2D eigenvalue weighted by molar-refractivity contribution is 6.30. The van der Waals surface area contributed by atoms with Crippen LogP contribution in [-0.2, 0) is 21.4 Å². The molecular weight excluding hydrogens is 357 g/mol. The van der Waals surface area contributed by atoms with Crippen LogP contribution in [0.15, 0.2) is 42.5 Å². The van der Waals surface area contributed by atoms with Crippen LogP contribution in [0, 0.1) is 17.2 Å². The largest absolute Gasteiger partial charge is 0.464 e. The van der Waals surface area contributed by atoms with Crippen LogP contribution < -0.4 is 0 Å². The first kappa shape index (κ1) is 17.8. The van der Waals surface area contributed by atoms with E-state index in [9.17, 15) is 10.1 Å². The molecule has 0 saturated carbocycles. The Morgan fingerprint density at radius 2 is 1.92 bits per heavy atom. The number of carbonyl (C=O) groups is 1. The average Bonchev–Trinajstić information content (AvgIpc) is 2.95. The van der Waals surface area contributed by atoms with Gasteiger partial charge in [0.1, 0.15) is 6.61 Å². The minimum absolute atomic E-state index is 0.0521. The molecule has 0 aliphatic heterocycles. The van der Waals surface area contributed by atoms with Crippen molar-refractivity contribution in [1.29, 1.82) is 5.26 Å². The summed E-state index contributed by atoms with van der Waals surface area (Å²) >= 11 is 12.2. The molecule has 0 N–H and O–H groups in total. The van der Waals surface area contributed by atoms with Gasteiger partial charge in [-0.1, -0.05) is 41.4 Å². The highest BCUT2D eigenvalue weighted by Gasteiger charge is 2.47. The first-order valence-corrected chi connectivity index (χ1v) is 8.81. The van der Waals surface area contributed by atoms with Gasteiger partial charge >= 0.3 is 5.97 Å². The SMILES string of the molecule is CC(=O)OCC(C#N)C1(c2ccc(Cl)cc2)CCc2cc(Cl)ccc21. The molecule has 0 heterocycles. The number of ether oxygens (including phenoxy) is 1. The van der Waals surface area contributed by atoms with Crippen molar-refractivity contribution < 1.29 is 9.53 Å². The van der Waals surface area contributed by atoms with Gasteiger partial charge < -0.3 is 4.74 Å². The summed E-state index contributed by atoms with van der Waals surface area (Å²) in [7, 11) is 0. The van der Waals surface area contributed by atoms with Crippen LogP contribution in [0.1, 0.15) is 30.0 Å². The molecule has 0 amide bonds. The van der Waals surface area contributed by atoms with Gasteiger partial charge in [-0.3, -0.25) is 4.79 Å². The van der Waals surface area contributed by atoms with Gasteiger partial charge in [0, 0.05) is 22.4 Å². The van der Waals surface area contributed by atoms with Crippen molar-refractivity contribution in [2.75, 3.05) is 6.61 Å². The Kier molecular flexibility index (Phi) is 5.03. The second kappa shape index (κ2) is 7.07. The van der Waals surface area contributed by atoms with E-state index in [-0.39, 0.29) is 12.6 Å². The van der Waals surface area contributed by atoms with Crippen molar-refractivity contribution in [2.45, 2.75) is 25.2 Å². The van der Waals surface area contributed by atoms with Crippen molar-refractivity contribution in [3.05, 3.63) is 69.2 Å². The number of hydrogen-bond donors (Lipinski definition) is 0. The maximum atomic E-state index is 11.3. The van der Waals surface area contributed by atoms with Crippen LogP contribution in [0.4, 0.5) is 0 Å². The Balaban J connectivity index is 2.15. The molecule has 2 aromatic rings. The van der Waals surface area contributed by atoms with Crippen molar-refractivity contribution in [3.8, 4) is 6.07 Å². The minimum Gasteiger partial charge on any atom is -0.464 e. The van der Waals surface area contributed by atoms with E-state index in [1.165, 1.54) is 6.92 Å². The van der Waals surface area contributed by atoms with Crippen LogP contribution in [0.3, 0.4) is 0 Å². The summed E-state index contributed by atoms with van der Waals surface area (Å²) < 4.78 is 5.20. The minimum atomic E-state index is -0.547. The Bertz CT molecular complexity index is 842. The summed E-state index contributed by atoms with van der Waals surface area (Å²) in [6, 6.07) is 15.7. The molecule has 0 bridgehead atoms. The molecule has 1 aliphatic carbocycles. The third-order valence-corrected chi connectivity index (χ3v) is 5.39. The second-order valence-electron chi connectivity index (χ2n) is 6.26. The van der Waals surface area contributed by atoms with E-state index in [2.05, 4.69) is 6.07 Å². The van der Waals surface area contributed by atoms with Gasteiger partial charge in [-0.05, 0) is 53.8 Å². The molecule has 0 spiro atoms. The number of carbonyl (C=O) groups excluding carboxylic acids is 1. The van der Waals surface area contributed by atoms with Crippen LogP contribution in [-0.4, -0.2) is 12.6 Å². The normalized spacial score (nSPS) is 19.8. The number of aryl methyl sites for hydroxylation is 1. The molecule has 128 valence electrons. The lowest BCUT2D eigenvalue weighted by atomic mass is 9.67. The van der Waals surface area contributed by atoms with Crippen molar-refractivity contribution in [2.24, 2.45) is 5.92 Å². The molecule has 2 unspecified atom stereocenters. The van der Waals surface area contributed by atoms with Gasteiger partial charge in [0.05, 0.1) is 12.0 Å². The fraction of sp³-hybridized carbons (Fsp3) is 0.300. The number of halogens is 2. The molecule has 3 nitrogen and oxygen atoms in total. The zero-order valence-electron chi connectivity index (χ0n) is 13.8. The van der Waals surface area contributed by atoms with Gasteiger partial charge in [-0.15, -0.1) is 0 Å². The van der Waals surface area contributed by atoms with Crippen LogP contribution in [0.5, 0.6) is 0 Å². The molecular formula is C20H17Cl2NO2. The molecule has 0 aromatic heterocycles. The summed E-state index contributed by atoms with van der Waals surface area (Å²) in [5, 5.41) is 11.2. The molecule has 2 aromatic carbocycles. The molecule has 5 heteroatoms. The Morgan fingerprint density at radius 1 is 1.24 bits per heavy atom. The Labute approximate surface area is 157 Å². The number of rotatable bonds is 4. The smallest absolute Gasteiger partial charge is 0.302 e. The van der Waals surface area contributed by atoms with Gasteiger partial charge in [0.2, 0.25) is 0 Å². The lowest BCUT2D eigenvalue weighted by Crippen LogP contribution is -2.37. The maximum Gasteiger partial charge on any atom is 0.302 e. The molecule has 25 heavy (non-hydrogen) atoms. The standard InChI is InChI=1S/C20H17Cl2NO2/c1-13(24)25-12-16(11-23)20(15-2-4-17(21)5-3-15)9-8-14-10-18(22)6-7-19(14)20/h2-7,10,16H,8-9,12H2,1H3. The first-order chi connectivity index (χ1) is 12.0. The molecule has 1 aliphatic rings. The number of fused-ring (bicyclic) bond motifs is 1. The summed E-state index contributed by atoms with van der Waals surface area (Å²) in [5.41, 5.74) is 2.65. The third kappa shape index (κ3) is 3.25.